The normalized spacial score (nSPS) is 10.4. The molecule has 1 aromatic carbocycles. The number of H-pyrrole nitrogens is 1. The Balaban J connectivity index is 1.90. The standard InChI is InChI=1S/C21H25NO6/c1-5-27-21(25)20-13(2)19(14(3)22-20)17(23)12-28-18(24)11-8-15-6-9-16(26-4)10-7-15/h6-7,9-10,22H,5,8,11-12H2,1-4H3. The van der Waals surface area contributed by atoms with Crippen molar-refractivity contribution < 1.29 is 28.6 Å². The van der Waals surface area contributed by atoms with Crippen LogP contribution in [0.25, 0.3) is 0 Å². The first-order valence-electron chi connectivity index (χ1n) is 9.05. The number of Topliss-reactive ketones (excluding diaryl/α,β-unsaturated/α-hetero) is 1. The van der Waals surface area contributed by atoms with E-state index in [1.807, 2.05) is 24.3 Å². The highest BCUT2D eigenvalue weighted by molar-refractivity contribution is 6.03. The second-order valence-electron chi connectivity index (χ2n) is 6.28. The van der Waals surface area contributed by atoms with Crippen molar-refractivity contribution in [3.63, 3.8) is 0 Å². The summed E-state index contributed by atoms with van der Waals surface area (Å²) in [6.45, 7) is 4.93. The summed E-state index contributed by atoms with van der Waals surface area (Å²) in [5, 5.41) is 0. The lowest BCUT2D eigenvalue weighted by Gasteiger charge is -2.06. The molecule has 0 saturated carbocycles. The minimum absolute atomic E-state index is 0.165. The first kappa shape index (κ1) is 21.2. The average molecular weight is 387 g/mol. The average Bonchev–Trinajstić information content (AvgIpc) is 2.99. The van der Waals surface area contributed by atoms with Crippen LogP contribution in [0.5, 0.6) is 5.75 Å². The van der Waals surface area contributed by atoms with Crippen molar-refractivity contribution in [2.45, 2.75) is 33.6 Å². The molecule has 0 radical (unpaired) electrons. The molecule has 0 fully saturated rings. The molecule has 0 bridgehead atoms. The number of carbonyl (C=O) groups is 3. The van der Waals surface area contributed by atoms with Crippen LogP contribution in [0.15, 0.2) is 24.3 Å². The van der Waals surface area contributed by atoms with Crippen LogP contribution in [0.4, 0.5) is 0 Å². The van der Waals surface area contributed by atoms with Gasteiger partial charge in [-0.2, -0.15) is 0 Å². The molecule has 7 nitrogen and oxygen atoms in total. The highest BCUT2D eigenvalue weighted by atomic mass is 16.5. The van der Waals surface area contributed by atoms with Gasteiger partial charge in [-0.15, -0.1) is 0 Å². The molecule has 1 aromatic heterocycles. The third-order valence-corrected chi connectivity index (χ3v) is 4.34. The summed E-state index contributed by atoms with van der Waals surface area (Å²) in [5.41, 5.74) is 2.61. The van der Waals surface area contributed by atoms with Crippen molar-refractivity contribution in [1.82, 2.24) is 4.98 Å². The van der Waals surface area contributed by atoms with Gasteiger partial charge in [0.2, 0.25) is 5.78 Å². The number of esters is 2. The Hall–Kier alpha value is -3.09. The molecule has 7 heteroatoms. The molecule has 0 amide bonds. The molecule has 0 atom stereocenters. The molecule has 0 saturated heterocycles. The summed E-state index contributed by atoms with van der Waals surface area (Å²) in [4.78, 5) is 39.2. The van der Waals surface area contributed by atoms with E-state index in [0.717, 1.165) is 11.3 Å². The Labute approximate surface area is 164 Å². The topological polar surface area (TPSA) is 94.7 Å². The maximum atomic E-state index is 12.5. The fourth-order valence-corrected chi connectivity index (χ4v) is 2.90. The number of benzene rings is 1. The predicted molar refractivity (Wildman–Crippen MR) is 103 cm³/mol. The van der Waals surface area contributed by atoms with Crippen LogP contribution in [0, 0.1) is 13.8 Å². The van der Waals surface area contributed by atoms with Crippen molar-refractivity contribution in [2.24, 2.45) is 0 Å². The first-order valence-corrected chi connectivity index (χ1v) is 9.05. The molecule has 0 aliphatic heterocycles. The fraction of sp³-hybridized carbons (Fsp3) is 0.381. The van der Waals surface area contributed by atoms with Gasteiger partial charge in [0, 0.05) is 17.7 Å². The molecule has 1 heterocycles. The highest BCUT2D eigenvalue weighted by Gasteiger charge is 2.23. The van der Waals surface area contributed by atoms with E-state index in [9.17, 15) is 14.4 Å². The number of carbonyl (C=O) groups excluding carboxylic acids is 3. The number of ether oxygens (including phenoxy) is 3. The molecule has 0 aliphatic carbocycles. The van der Waals surface area contributed by atoms with Crippen LogP contribution in [-0.4, -0.2) is 43.0 Å². The summed E-state index contributed by atoms with van der Waals surface area (Å²) in [5.74, 6) is -0.588. The van der Waals surface area contributed by atoms with Gasteiger partial charge in [0.05, 0.1) is 13.7 Å². The van der Waals surface area contributed by atoms with Crippen molar-refractivity contribution >= 4 is 17.7 Å². The summed E-state index contributed by atoms with van der Waals surface area (Å²) in [6, 6.07) is 7.40. The number of aromatic nitrogens is 1. The van der Waals surface area contributed by atoms with Crippen molar-refractivity contribution in [3.8, 4) is 5.75 Å². The molecular formula is C21H25NO6. The molecule has 28 heavy (non-hydrogen) atoms. The highest BCUT2D eigenvalue weighted by Crippen LogP contribution is 2.20. The van der Waals surface area contributed by atoms with Gasteiger partial charge in [-0.05, 0) is 50.5 Å². The smallest absolute Gasteiger partial charge is 0.355 e. The van der Waals surface area contributed by atoms with Crippen molar-refractivity contribution in [3.05, 3.63) is 52.3 Å². The lowest BCUT2D eigenvalue weighted by Crippen LogP contribution is -2.16. The quantitative estimate of drug-likeness (QED) is 0.525. The van der Waals surface area contributed by atoms with Crippen LogP contribution in [0.3, 0.4) is 0 Å². The van der Waals surface area contributed by atoms with Crippen molar-refractivity contribution in [1.29, 1.82) is 0 Å². The molecule has 2 aromatic rings. The lowest BCUT2D eigenvalue weighted by atomic mass is 10.1. The monoisotopic (exact) mass is 387 g/mol. The summed E-state index contributed by atoms with van der Waals surface area (Å²) < 4.78 is 15.2. The predicted octanol–water partition coefficient (Wildman–Crippen LogP) is 3.18. The van der Waals surface area contributed by atoms with E-state index in [1.54, 1.807) is 27.9 Å². The summed E-state index contributed by atoms with van der Waals surface area (Å²) in [6.07, 6.45) is 0.672. The maximum absolute atomic E-state index is 12.5. The Morgan fingerprint density at radius 2 is 1.71 bits per heavy atom. The van der Waals surface area contributed by atoms with Gasteiger partial charge in [0.15, 0.2) is 6.61 Å². The third-order valence-electron chi connectivity index (χ3n) is 4.34. The Morgan fingerprint density at radius 1 is 1.04 bits per heavy atom. The van der Waals surface area contributed by atoms with Gasteiger partial charge >= 0.3 is 11.9 Å². The second-order valence-corrected chi connectivity index (χ2v) is 6.28. The second kappa shape index (κ2) is 9.73. The summed E-state index contributed by atoms with van der Waals surface area (Å²) >= 11 is 0. The van der Waals surface area contributed by atoms with E-state index in [1.165, 1.54) is 0 Å². The van der Waals surface area contributed by atoms with Crippen LogP contribution in [-0.2, 0) is 20.7 Å². The van der Waals surface area contributed by atoms with Crippen LogP contribution >= 0.6 is 0 Å². The maximum Gasteiger partial charge on any atom is 0.355 e. The SMILES string of the molecule is CCOC(=O)c1[nH]c(C)c(C(=O)COC(=O)CCc2ccc(OC)cc2)c1C. The number of hydrogen-bond acceptors (Lipinski definition) is 6. The van der Waals surface area contributed by atoms with Crippen molar-refractivity contribution in [2.75, 3.05) is 20.3 Å². The number of aromatic amines is 1. The molecular weight excluding hydrogens is 362 g/mol. The van der Waals surface area contributed by atoms with Crippen LogP contribution < -0.4 is 4.74 Å². The minimum Gasteiger partial charge on any atom is -0.497 e. The van der Waals surface area contributed by atoms with Gasteiger partial charge in [0.1, 0.15) is 11.4 Å². The van der Waals surface area contributed by atoms with Crippen LogP contribution in [0.2, 0.25) is 0 Å². The number of rotatable bonds is 9. The number of nitrogens with one attached hydrogen (secondary N) is 1. The molecule has 0 spiro atoms. The van der Waals surface area contributed by atoms with Gasteiger partial charge in [0.25, 0.3) is 0 Å². The van der Waals surface area contributed by atoms with Crippen LogP contribution in [0.1, 0.15) is 51.0 Å². The van der Waals surface area contributed by atoms with E-state index >= 15 is 0 Å². The number of aryl methyl sites for hydroxylation is 2. The summed E-state index contributed by atoms with van der Waals surface area (Å²) in [7, 11) is 1.59. The third kappa shape index (κ3) is 5.22. The van der Waals surface area contributed by atoms with E-state index in [2.05, 4.69) is 4.98 Å². The number of hydrogen-bond donors (Lipinski definition) is 1. The molecule has 150 valence electrons. The van der Waals surface area contributed by atoms with Gasteiger partial charge in [-0.25, -0.2) is 4.79 Å². The van der Waals surface area contributed by atoms with Gasteiger partial charge in [-0.1, -0.05) is 12.1 Å². The number of ketones is 1. The Bertz CT molecular complexity index is 851. The Morgan fingerprint density at radius 3 is 2.32 bits per heavy atom. The number of methoxy groups -OCH3 is 1. The molecule has 1 N–H and O–H groups in total. The van der Waals surface area contributed by atoms with E-state index in [4.69, 9.17) is 14.2 Å². The van der Waals surface area contributed by atoms with E-state index in [-0.39, 0.29) is 31.1 Å². The van der Waals surface area contributed by atoms with Gasteiger partial charge in [-0.3, -0.25) is 9.59 Å². The molecule has 0 aliphatic rings. The first-order chi connectivity index (χ1) is 13.4. The molecule has 0 unspecified atom stereocenters. The van der Waals surface area contributed by atoms with E-state index in [0.29, 0.717) is 23.2 Å². The largest absolute Gasteiger partial charge is 0.497 e. The zero-order valence-corrected chi connectivity index (χ0v) is 16.6. The fourth-order valence-electron chi connectivity index (χ4n) is 2.90. The minimum atomic E-state index is -0.515. The zero-order valence-electron chi connectivity index (χ0n) is 16.6. The Kier molecular flexibility index (Phi) is 7.37. The zero-order chi connectivity index (χ0) is 20.7. The lowest BCUT2D eigenvalue weighted by molar-refractivity contribution is -0.142. The molecule has 2 rings (SSSR count). The van der Waals surface area contributed by atoms with Gasteiger partial charge < -0.3 is 19.2 Å². The van der Waals surface area contributed by atoms with E-state index < -0.39 is 11.9 Å².